The standard InChI is InChI=1S/C31H27FN8O4.C2H4O2/c32-22-6-18-7-24(10-22)44-27-4-5-40(30-25-14-37-39-29(25)35-17-36-30)15-26(27)38-31(42)21-8-20(12-33-13-21)19-2-1-3-23(9-19)43-16-28(41)34-11-18;1-2(3)4/h1-3,6-10,12-14,17,26-27H,4-5,11,15-16H2,(H,34,41)(H,38,42)(H,35,36,37,39);1H3,(H,3,4)/t26-,27+;/m1./s1. The lowest BCUT2D eigenvalue weighted by atomic mass is 10.00. The number of anilines is 1. The summed E-state index contributed by atoms with van der Waals surface area (Å²) in [6.07, 6.45) is 6.30. The van der Waals surface area contributed by atoms with Gasteiger partial charge < -0.3 is 30.1 Å². The smallest absolute Gasteiger partial charge is 0.300 e. The maximum atomic E-state index is 14.7. The SMILES string of the molecule is CC(=O)O.O=C1COc2cccc(c2)-c2cncc(c2)C(=O)N[C@@H]2CN(c3ncnc4[nH]ncc34)CC[C@@H]2Oc2cc(F)cc(c2)CN1. The molecule has 2 aliphatic heterocycles. The monoisotopic (exact) mass is 654 g/mol. The van der Waals surface area contributed by atoms with E-state index in [1.807, 2.05) is 11.0 Å². The van der Waals surface area contributed by atoms with Crippen molar-refractivity contribution in [3.05, 3.63) is 90.4 Å². The second-order valence-corrected chi connectivity index (χ2v) is 11.2. The predicted molar refractivity (Wildman–Crippen MR) is 171 cm³/mol. The molecule has 0 aliphatic carbocycles. The van der Waals surface area contributed by atoms with Crippen LogP contribution in [-0.4, -0.2) is 79.9 Å². The molecule has 2 amide bonds. The van der Waals surface area contributed by atoms with Gasteiger partial charge in [-0.3, -0.25) is 24.5 Å². The first-order valence-electron chi connectivity index (χ1n) is 15.0. The third-order valence-electron chi connectivity index (χ3n) is 7.64. The zero-order valence-electron chi connectivity index (χ0n) is 25.7. The van der Waals surface area contributed by atoms with Crippen molar-refractivity contribution in [2.75, 3.05) is 24.6 Å². The van der Waals surface area contributed by atoms with Crippen LogP contribution in [0.5, 0.6) is 11.5 Å². The molecule has 246 valence electrons. The fraction of sp³-hybridized carbons (Fsp3) is 0.242. The molecule has 0 radical (unpaired) electrons. The maximum absolute atomic E-state index is 14.7. The van der Waals surface area contributed by atoms with Crippen LogP contribution in [0.1, 0.15) is 29.3 Å². The van der Waals surface area contributed by atoms with Crippen LogP contribution in [0.25, 0.3) is 22.2 Å². The summed E-state index contributed by atoms with van der Waals surface area (Å²) >= 11 is 0. The fourth-order valence-electron chi connectivity index (χ4n) is 5.51. The van der Waals surface area contributed by atoms with E-state index in [2.05, 4.69) is 35.8 Å². The van der Waals surface area contributed by atoms with E-state index >= 15 is 0 Å². The second kappa shape index (κ2) is 14.1. The number of H-pyrrole nitrogens is 1. The van der Waals surface area contributed by atoms with Crippen LogP contribution in [0.4, 0.5) is 10.2 Å². The van der Waals surface area contributed by atoms with Gasteiger partial charge in [-0.25, -0.2) is 14.4 Å². The average molecular weight is 655 g/mol. The van der Waals surface area contributed by atoms with Gasteiger partial charge in [-0.05, 0) is 41.5 Å². The number of hydrogen-bond acceptors (Lipinski definition) is 10. The molecule has 5 heterocycles. The molecule has 15 heteroatoms. The van der Waals surface area contributed by atoms with Crippen molar-refractivity contribution in [3.63, 3.8) is 0 Å². The first-order chi connectivity index (χ1) is 23.2. The number of carbonyl (C=O) groups excluding carboxylic acids is 2. The number of piperidine rings is 1. The van der Waals surface area contributed by atoms with Crippen molar-refractivity contribution in [1.82, 2.24) is 35.8 Å². The lowest BCUT2D eigenvalue weighted by molar-refractivity contribution is -0.134. The molecule has 2 aromatic carbocycles. The molecule has 0 saturated carbocycles. The number of carboxylic acid groups (broad SMARTS) is 1. The molecule has 5 aromatic rings. The molecule has 6 bridgehead atoms. The average Bonchev–Trinajstić information content (AvgIpc) is 3.56. The minimum atomic E-state index is -0.833. The van der Waals surface area contributed by atoms with E-state index in [1.165, 1.54) is 24.7 Å². The number of nitrogens with one attached hydrogen (secondary N) is 3. The van der Waals surface area contributed by atoms with Gasteiger partial charge in [0.15, 0.2) is 12.3 Å². The molecule has 0 unspecified atom stereocenters. The number of pyridine rings is 1. The van der Waals surface area contributed by atoms with E-state index in [-0.39, 0.29) is 25.0 Å². The van der Waals surface area contributed by atoms with Crippen LogP contribution < -0.4 is 25.0 Å². The quantitative estimate of drug-likeness (QED) is 0.208. The summed E-state index contributed by atoms with van der Waals surface area (Å²) in [5.41, 5.74) is 2.96. The van der Waals surface area contributed by atoms with Gasteiger partial charge >= 0.3 is 0 Å². The number of aliphatic carboxylic acids is 1. The summed E-state index contributed by atoms with van der Waals surface area (Å²) < 4.78 is 26.7. The molecule has 1 fully saturated rings. The van der Waals surface area contributed by atoms with Gasteiger partial charge in [-0.15, -0.1) is 0 Å². The summed E-state index contributed by atoms with van der Waals surface area (Å²) in [6, 6.07) is 12.7. The third kappa shape index (κ3) is 7.63. The first kappa shape index (κ1) is 31.8. The highest BCUT2D eigenvalue weighted by atomic mass is 19.1. The van der Waals surface area contributed by atoms with Crippen LogP contribution in [0.3, 0.4) is 0 Å². The summed E-state index contributed by atoms with van der Waals surface area (Å²) in [7, 11) is 0. The Bertz CT molecular complexity index is 1970. The zero-order valence-corrected chi connectivity index (χ0v) is 25.7. The minimum Gasteiger partial charge on any atom is -0.488 e. The molecule has 1 saturated heterocycles. The van der Waals surface area contributed by atoms with Crippen molar-refractivity contribution in [3.8, 4) is 22.6 Å². The molecular formula is C33H31FN8O6. The van der Waals surface area contributed by atoms with Crippen LogP contribution >= 0.6 is 0 Å². The van der Waals surface area contributed by atoms with E-state index in [1.54, 1.807) is 42.7 Å². The number of aromatic nitrogens is 5. The number of hydrogen-bond donors (Lipinski definition) is 4. The fourth-order valence-corrected chi connectivity index (χ4v) is 5.51. The normalized spacial score (nSPS) is 17.8. The van der Waals surface area contributed by atoms with E-state index in [0.717, 1.165) is 17.9 Å². The Morgan fingerprint density at radius 3 is 2.71 bits per heavy atom. The number of carboxylic acids is 1. The van der Waals surface area contributed by atoms with E-state index in [0.29, 0.717) is 59.2 Å². The van der Waals surface area contributed by atoms with Gasteiger partial charge in [-0.2, -0.15) is 5.10 Å². The van der Waals surface area contributed by atoms with Gasteiger partial charge in [0.1, 0.15) is 35.6 Å². The first-order valence-corrected chi connectivity index (χ1v) is 15.0. The maximum Gasteiger partial charge on any atom is 0.300 e. The van der Waals surface area contributed by atoms with Crippen LogP contribution in [0.2, 0.25) is 0 Å². The summed E-state index contributed by atoms with van der Waals surface area (Å²) in [5.74, 6) is -0.580. The number of carbonyl (C=O) groups is 3. The number of rotatable bonds is 1. The van der Waals surface area contributed by atoms with E-state index in [9.17, 15) is 14.0 Å². The Balaban J connectivity index is 0.000000952. The summed E-state index contributed by atoms with van der Waals surface area (Å²) in [4.78, 5) is 50.3. The topological polar surface area (TPSA) is 185 Å². The lowest BCUT2D eigenvalue weighted by Gasteiger charge is -2.39. The van der Waals surface area contributed by atoms with Crippen molar-refractivity contribution in [1.29, 1.82) is 0 Å². The van der Waals surface area contributed by atoms with Crippen molar-refractivity contribution in [2.24, 2.45) is 0 Å². The highest BCUT2D eigenvalue weighted by Gasteiger charge is 2.34. The molecule has 2 atom stereocenters. The third-order valence-corrected chi connectivity index (χ3v) is 7.64. The Kier molecular flexibility index (Phi) is 9.36. The van der Waals surface area contributed by atoms with Crippen LogP contribution in [0, 0.1) is 5.82 Å². The Labute approximate surface area is 273 Å². The Hall–Kier alpha value is -6.12. The zero-order chi connectivity index (χ0) is 33.6. The van der Waals surface area contributed by atoms with Crippen molar-refractivity contribution >= 4 is 34.6 Å². The van der Waals surface area contributed by atoms with Crippen molar-refractivity contribution < 1.29 is 33.4 Å². The molecular weight excluding hydrogens is 623 g/mol. The number of nitrogens with zero attached hydrogens (tertiary/aromatic N) is 5. The molecule has 7 rings (SSSR count). The highest BCUT2D eigenvalue weighted by molar-refractivity contribution is 5.95. The van der Waals surface area contributed by atoms with Gasteiger partial charge in [0, 0.05) is 57.0 Å². The van der Waals surface area contributed by atoms with Gasteiger partial charge in [-0.1, -0.05) is 12.1 Å². The number of benzene rings is 2. The highest BCUT2D eigenvalue weighted by Crippen LogP contribution is 2.28. The molecule has 2 aliphatic rings. The minimum absolute atomic E-state index is 0.0842. The second-order valence-electron chi connectivity index (χ2n) is 11.2. The number of aromatic amines is 1. The predicted octanol–water partition coefficient (Wildman–Crippen LogP) is 3.11. The van der Waals surface area contributed by atoms with Gasteiger partial charge in [0.05, 0.1) is 23.2 Å². The number of fused-ring (bicyclic) bond motifs is 9. The van der Waals surface area contributed by atoms with Crippen molar-refractivity contribution in [2.45, 2.75) is 32.0 Å². The van der Waals surface area contributed by atoms with E-state index in [4.69, 9.17) is 19.4 Å². The van der Waals surface area contributed by atoms with Crippen LogP contribution in [-0.2, 0) is 16.1 Å². The molecule has 48 heavy (non-hydrogen) atoms. The number of ether oxygens (including phenoxy) is 2. The molecule has 4 N–H and O–H groups in total. The van der Waals surface area contributed by atoms with Crippen LogP contribution in [0.15, 0.2) is 73.4 Å². The lowest BCUT2D eigenvalue weighted by Crippen LogP contribution is -2.57. The molecule has 3 aromatic heterocycles. The largest absolute Gasteiger partial charge is 0.488 e. The Morgan fingerprint density at radius 1 is 1.02 bits per heavy atom. The summed E-state index contributed by atoms with van der Waals surface area (Å²) in [6.45, 7) is 1.86. The van der Waals surface area contributed by atoms with Gasteiger partial charge in [0.25, 0.3) is 17.8 Å². The molecule has 0 spiro atoms. The van der Waals surface area contributed by atoms with E-state index < -0.39 is 23.9 Å². The number of amides is 2. The molecule has 14 nitrogen and oxygen atoms in total. The Morgan fingerprint density at radius 2 is 1.85 bits per heavy atom. The number of halogens is 1. The summed E-state index contributed by atoms with van der Waals surface area (Å²) in [5, 5.41) is 21.0. The van der Waals surface area contributed by atoms with Gasteiger partial charge in [0.2, 0.25) is 0 Å².